The van der Waals surface area contributed by atoms with Gasteiger partial charge in [-0.1, -0.05) is 62.4 Å². The SMILES string of the molecule is CC1(C)/C(=C\C=C2/C(=O)N(c3ccccc3)N=C2C(F)(F)F)N(CCS(=O)(=O)O)c2ccc3ccccc3c21. The summed E-state index contributed by atoms with van der Waals surface area (Å²) in [6.45, 7) is 3.61. The summed E-state index contributed by atoms with van der Waals surface area (Å²) in [5.41, 5.74) is -0.563. The van der Waals surface area contributed by atoms with Gasteiger partial charge in [-0.05, 0) is 46.7 Å². The fraction of sp³-hybridized carbons (Fsp3) is 0.214. The van der Waals surface area contributed by atoms with Crippen LogP contribution in [0, 0.1) is 0 Å². The topological polar surface area (TPSA) is 90.3 Å². The van der Waals surface area contributed by atoms with Crippen LogP contribution in [0.4, 0.5) is 24.5 Å². The van der Waals surface area contributed by atoms with E-state index in [0.717, 1.165) is 22.4 Å². The molecule has 0 aliphatic carbocycles. The molecule has 0 bridgehead atoms. The van der Waals surface area contributed by atoms with E-state index in [2.05, 4.69) is 5.10 Å². The fourth-order valence-electron chi connectivity index (χ4n) is 5.16. The van der Waals surface area contributed by atoms with Crippen LogP contribution in [0.1, 0.15) is 19.4 Å². The van der Waals surface area contributed by atoms with E-state index in [1.54, 1.807) is 23.1 Å². The molecule has 1 N–H and O–H groups in total. The Balaban J connectivity index is 1.65. The largest absolute Gasteiger partial charge is 0.435 e. The van der Waals surface area contributed by atoms with Crippen molar-refractivity contribution in [3.8, 4) is 0 Å². The number of fused-ring (bicyclic) bond motifs is 3. The molecule has 5 rings (SSSR count). The van der Waals surface area contributed by atoms with Crippen LogP contribution in [0.5, 0.6) is 0 Å². The number of carbonyl (C=O) groups excluding carboxylic acids is 1. The van der Waals surface area contributed by atoms with E-state index in [-0.39, 0.29) is 12.2 Å². The van der Waals surface area contributed by atoms with Crippen molar-refractivity contribution in [2.45, 2.75) is 25.4 Å². The summed E-state index contributed by atoms with van der Waals surface area (Å²) in [5.74, 6) is -1.53. The normalized spacial score (nSPS) is 19.3. The molecule has 0 saturated carbocycles. The Hall–Kier alpha value is -3.96. The van der Waals surface area contributed by atoms with Crippen molar-refractivity contribution in [1.82, 2.24) is 0 Å². The summed E-state index contributed by atoms with van der Waals surface area (Å²) in [6.07, 6.45) is -2.40. The smallest absolute Gasteiger partial charge is 0.343 e. The van der Waals surface area contributed by atoms with Crippen LogP contribution in [0.25, 0.3) is 10.8 Å². The fourth-order valence-corrected chi connectivity index (χ4v) is 5.58. The summed E-state index contributed by atoms with van der Waals surface area (Å²) in [5, 5.41) is 6.15. The number of hydrogen-bond acceptors (Lipinski definition) is 5. The third-order valence-corrected chi connectivity index (χ3v) is 7.58. The molecule has 39 heavy (non-hydrogen) atoms. The molecule has 3 aromatic carbocycles. The number of anilines is 2. The third kappa shape index (κ3) is 4.83. The van der Waals surface area contributed by atoms with Gasteiger partial charge in [0.1, 0.15) is 0 Å². The van der Waals surface area contributed by atoms with E-state index < -0.39 is 44.7 Å². The highest BCUT2D eigenvalue weighted by Gasteiger charge is 2.47. The van der Waals surface area contributed by atoms with Gasteiger partial charge >= 0.3 is 6.18 Å². The summed E-state index contributed by atoms with van der Waals surface area (Å²) in [7, 11) is -4.34. The maximum Gasteiger partial charge on any atom is 0.435 e. The molecule has 1 amide bonds. The van der Waals surface area contributed by atoms with E-state index in [0.29, 0.717) is 16.4 Å². The molecule has 0 aromatic heterocycles. The van der Waals surface area contributed by atoms with Crippen LogP contribution in [-0.4, -0.2) is 43.1 Å². The van der Waals surface area contributed by atoms with Crippen LogP contribution >= 0.6 is 0 Å². The molecule has 0 unspecified atom stereocenters. The second-order valence-corrected chi connectivity index (χ2v) is 11.3. The predicted molar refractivity (Wildman–Crippen MR) is 144 cm³/mol. The Morgan fingerprint density at radius 1 is 0.974 bits per heavy atom. The first-order valence-corrected chi connectivity index (χ1v) is 13.6. The van der Waals surface area contributed by atoms with Crippen molar-refractivity contribution in [2.75, 3.05) is 22.2 Å². The summed E-state index contributed by atoms with van der Waals surface area (Å²) in [6, 6.07) is 19.1. The molecule has 11 heteroatoms. The molecule has 2 aliphatic rings. The molecule has 2 aliphatic heterocycles. The van der Waals surface area contributed by atoms with Crippen molar-refractivity contribution in [1.29, 1.82) is 0 Å². The minimum absolute atomic E-state index is 0.146. The number of allylic oxidation sites excluding steroid dienone is 3. The Morgan fingerprint density at radius 3 is 2.31 bits per heavy atom. The zero-order valence-corrected chi connectivity index (χ0v) is 21.8. The van der Waals surface area contributed by atoms with Gasteiger partial charge in [0, 0.05) is 23.3 Å². The van der Waals surface area contributed by atoms with Crippen molar-refractivity contribution in [3.63, 3.8) is 0 Å². The van der Waals surface area contributed by atoms with Crippen molar-refractivity contribution < 1.29 is 30.9 Å². The van der Waals surface area contributed by atoms with Gasteiger partial charge in [0.25, 0.3) is 16.0 Å². The van der Waals surface area contributed by atoms with E-state index in [1.807, 2.05) is 50.2 Å². The lowest BCUT2D eigenvalue weighted by Gasteiger charge is -2.27. The Morgan fingerprint density at radius 2 is 1.64 bits per heavy atom. The van der Waals surface area contributed by atoms with Gasteiger partial charge in [0.2, 0.25) is 0 Å². The standard InChI is InChI=1S/C28H24F3N3O4S/c1-27(2)23(15-13-21-25(28(29,30)31)32-34(26(21)35)19-9-4-3-5-10-19)33(16-17-39(36,37)38)22-14-12-18-8-6-7-11-20(18)24(22)27/h3-15H,16-17H2,1-2H3,(H,36,37,38)/b21-13-,23-15+. The number of alkyl halides is 3. The Labute approximate surface area is 223 Å². The molecule has 0 fully saturated rings. The van der Waals surface area contributed by atoms with Crippen LogP contribution in [0.2, 0.25) is 0 Å². The van der Waals surface area contributed by atoms with E-state index >= 15 is 0 Å². The number of rotatable bonds is 5. The van der Waals surface area contributed by atoms with Crippen molar-refractivity contribution >= 4 is 43.9 Å². The lowest BCUT2D eigenvalue weighted by molar-refractivity contribution is -0.114. The lowest BCUT2D eigenvalue weighted by Crippen LogP contribution is -2.30. The van der Waals surface area contributed by atoms with Gasteiger partial charge < -0.3 is 4.90 Å². The minimum Gasteiger partial charge on any atom is -0.343 e. The molecule has 0 atom stereocenters. The Bertz CT molecular complexity index is 1680. The summed E-state index contributed by atoms with van der Waals surface area (Å²) < 4.78 is 74.6. The van der Waals surface area contributed by atoms with Gasteiger partial charge in [0.15, 0.2) is 5.71 Å². The van der Waals surface area contributed by atoms with Crippen LogP contribution in [0.3, 0.4) is 0 Å². The molecule has 0 saturated heterocycles. The summed E-state index contributed by atoms with van der Waals surface area (Å²) >= 11 is 0. The second-order valence-electron chi connectivity index (χ2n) is 9.77. The molecule has 7 nitrogen and oxygen atoms in total. The lowest BCUT2D eigenvalue weighted by atomic mass is 9.81. The minimum atomic E-state index is -4.89. The number of carbonyl (C=O) groups is 1. The maximum atomic E-state index is 14.0. The van der Waals surface area contributed by atoms with E-state index in [1.165, 1.54) is 18.2 Å². The number of hydrazone groups is 1. The molecular formula is C28H24F3N3O4S. The molecule has 3 aromatic rings. The van der Waals surface area contributed by atoms with E-state index in [9.17, 15) is 30.9 Å². The summed E-state index contributed by atoms with van der Waals surface area (Å²) in [4.78, 5) is 14.8. The first-order chi connectivity index (χ1) is 18.3. The van der Waals surface area contributed by atoms with Gasteiger partial charge in [-0.25, -0.2) is 0 Å². The number of hydrogen-bond donors (Lipinski definition) is 1. The van der Waals surface area contributed by atoms with Crippen molar-refractivity contribution in [2.24, 2.45) is 5.10 Å². The van der Waals surface area contributed by atoms with Crippen LogP contribution in [0.15, 0.2) is 95.3 Å². The first kappa shape index (κ1) is 26.6. The predicted octanol–water partition coefficient (Wildman–Crippen LogP) is 5.60. The molecular weight excluding hydrogens is 531 g/mol. The highest BCUT2D eigenvalue weighted by Crippen LogP contribution is 2.50. The van der Waals surface area contributed by atoms with Crippen LogP contribution < -0.4 is 9.91 Å². The first-order valence-electron chi connectivity index (χ1n) is 12.0. The molecule has 2 heterocycles. The number of nitrogens with zero attached hydrogens (tertiary/aromatic N) is 3. The molecule has 0 spiro atoms. The maximum absolute atomic E-state index is 14.0. The quantitative estimate of drug-likeness (QED) is 0.327. The van der Waals surface area contributed by atoms with Crippen LogP contribution in [-0.2, 0) is 20.3 Å². The molecule has 202 valence electrons. The average Bonchev–Trinajstić information content (AvgIpc) is 3.32. The Kier molecular flexibility index (Phi) is 6.39. The molecule has 0 radical (unpaired) electrons. The second kappa shape index (κ2) is 9.35. The zero-order chi connectivity index (χ0) is 28.2. The number of para-hydroxylation sites is 1. The zero-order valence-electron chi connectivity index (χ0n) is 21.0. The number of halogens is 3. The van der Waals surface area contributed by atoms with Gasteiger partial charge in [-0.15, -0.1) is 0 Å². The number of benzene rings is 3. The van der Waals surface area contributed by atoms with Gasteiger partial charge in [0.05, 0.1) is 17.0 Å². The van der Waals surface area contributed by atoms with Gasteiger partial charge in [-0.3, -0.25) is 9.35 Å². The van der Waals surface area contributed by atoms with Gasteiger partial charge in [-0.2, -0.15) is 31.7 Å². The van der Waals surface area contributed by atoms with E-state index in [4.69, 9.17) is 0 Å². The third-order valence-electron chi connectivity index (χ3n) is 6.88. The highest BCUT2D eigenvalue weighted by molar-refractivity contribution is 7.85. The number of amides is 1. The highest BCUT2D eigenvalue weighted by atomic mass is 32.2. The van der Waals surface area contributed by atoms with Crippen molar-refractivity contribution in [3.05, 3.63) is 95.7 Å². The monoisotopic (exact) mass is 555 g/mol. The average molecular weight is 556 g/mol.